The first-order valence-corrected chi connectivity index (χ1v) is 5.30. The average molecular weight is 247 g/mol. The summed E-state index contributed by atoms with van der Waals surface area (Å²) in [5, 5.41) is 0. The first-order chi connectivity index (χ1) is 7.83. The Morgan fingerprint density at radius 2 is 2.00 bits per heavy atom. The highest BCUT2D eigenvalue weighted by molar-refractivity contribution is 5.36. The van der Waals surface area contributed by atoms with Crippen LogP contribution in [0.3, 0.4) is 0 Å². The first-order valence-electron chi connectivity index (χ1n) is 5.30. The molecule has 1 rings (SSSR count). The number of hydrogen-bond donors (Lipinski definition) is 1. The number of ether oxygens (including phenoxy) is 1. The van der Waals surface area contributed by atoms with Crippen LogP contribution in [0.5, 0.6) is 5.75 Å². The normalized spacial score (nSPS) is 13.5. The Morgan fingerprint density at radius 1 is 1.35 bits per heavy atom. The molecule has 0 aromatic heterocycles. The lowest BCUT2D eigenvalue weighted by atomic mass is 9.98. The van der Waals surface area contributed by atoms with Crippen molar-refractivity contribution in [1.82, 2.24) is 0 Å². The van der Waals surface area contributed by atoms with Crippen LogP contribution in [0.4, 0.5) is 13.2 Å². The van der Waals surface area contributed by atoms with E-state index in [0.717, 1.165) is 11.1 Å². The maximum Gasteiger partial charge on any atom is 0.389 e. The Morgan fingerprint density at radius 3 is 2.47 bits per heavy atom. The fourth-order valence-electron chi connectivity index (χ4n) is 1.67. The summed E-state index contributed by atoms with van der Waals surface area (Å²) < 4.78 is 41.2. The van der Waals surface area contributed by atoms with Crippen LogP contribution in [0.2, 0.25) is 0 Å². The van der Waals surface area contributed by atoms with E-state index in [1.165, 1.54) is 7.11 Å². The van der Waals surface area contributed by atoms with E-state index < -0.39 is 18.6 Å². The van der Waals surface area contributed by atoms with E-state index in [0.29, 0.717) is 5.75 Å². The number of benzene rings is 1. The molecule has 0 unspecified atom stereocenters. The number of halogens is 3. The Balaban J connectivity index is 2.72. The lowest BCUT2D eigenvalue weighted by Crippen LogP contribution is -2.16. The van der Waals surface area contributed by atoms with E-state index >= 15 is 0 Å². The van der Waals surface area contributed by atoms with Gasteiger partial charge in [0.2, 0.25) is 0 Å². The van der Waals surface area contributed by atoms with Gasteiger partial charge in [0.15, 0.2) is 0 Å². The number of rotatable bonds is 4. The van der Waals surface area contributed by atoms with Crippen molar-refractivity contribution in [3.8, 4) is 5.75 Å². The molecular weight excluding hydrogens is 231 g/mol. The molecule has 0 saturated heterocycles. The van der Waals surface area contributed by atoms with Gasteiger partial charge < -0.3 is 10.5 Å². The molecule has 1 aromatic rings. The maximum atomic E-state index is 12.1. The van der Waals surface area contributed by atoms with Crippen LogP contribution >= 0.6 is 0 Å². The zero-order valence-electron chi connectivity index (χ0n) is 9.84. The third-order valence-corrected chi connectivity index (χ3v) is 2.62. The van der Waals surface area contributed by atoms with Crippen molar-refractivity contribution in [1.29, 1.82) is 0 Å². The van der Waals surface area contributed by atoms with Crippen LogP contribution in [-0.4, -0.2) is 13.3 Å². The lowest BCUT2D eigenvalue weighted by Gasteiger charge is -2.16. The maximum absolute atomic E-state index is 12.1. The van der Waals surface area contributed by atoms with Crippen molar-refractivity contribution >= 4 is 0 Å². The highest BCUT2D eigenvalue weighted by Crippen LogP contribution is 2.28. The molecule has 1 aromatic carbocycles. The Labute approximate surface area is 98.6 Å². The van der Waals surface area contributed by atoms with E-state index in [2.05, 4.69) is 0 Å². The molecule has 0 aliphatic carbocycles. The summed E-state index contributed by atoms with van der Waals surface area (Å²) in [7, 11) is 1.54. The van der Waals surface area contributed by atoms with Gasteiger partial charge in [-0.05, 0) is 36.6 Å². The molecule has 2 nitrogen and oxygen atoms in total. The molecule has 0 radical (unpaired) electrons. The van der Waals surface area contributed by atoms with E-state index in [1.807, 2.05) is 6.92 Å². The summed E-state index contributed by atoms with van der Waals surface area (Å²) in [6.07, 6.45) is -5.12. The number of nitrogens with two attached hydrogens (primary N) is 1. The smallest absolute Gasteiger partial charge is 0.389 e. The number of hydrogen-bond acceptors (Lipinski definition) is 2. The Hall–Kier alpha value is -1.23. The van der Waals surface area contributed by atoms with Gasteiger partial charge >= 0.3 is 6.18 Å². The molecule has 0 aliphatic heterocycles. The summed E-state index contributed by atoms with van der Waals surface area (Å²) in [5.74, 6) is 0.675. The minimum Gasteiger partial charge on any atom is -0.497 e. The summed E-state index contributed by atoms with van der Waals surface area (Å²) in [6.45, 7) is 1.81. The molecule has 0 bridgehead atoms. The predicted molar refractivity (Wildman–Crippen MR) is 59.9 cm³/mol. The molecule has 0 amide bonds. The van der Waals surface area contributed by atoms with E-state index in [4.69, 9.17) is 10.5 Å². The van der Waals surface area contributed by atoms with Crippen LogP contribution in [0.1, 0.15) is 30.0 Å². The van der Waals surface area contributed by atoms with Crippen LogP contribution < -0.4 is 10.5 Å². The van der Waals surface area contributed by atoms with Gasteiger partial charge in [0.1, 0.15) is 5.75 Å². The van der Waals surface area contributed by atoms with Gasteiger partial charge in [-0.15, -0.1) is 0 Å². The van der Waals surface area contributed by atoms with Gasteiger partial charge in [0.05, 0.1) is 7.11 Å². The highest BCUT2D eigenvalue weighted by atomic mass is 19.4. The molecule has 5 heteroatoms. The van der Waals surface area contributed by atoms with E-state index in [-0.39, 0.29) is 6.42 Å². The molecule has 96 valence electrons. The fourth-order valence-corrected chi connectivity index (χ4v) is 1.67. The second-order valence-electron chi connectivity index (χ2n) is 3.98. The van der Waals surface area contributed by atoms with Gasteiger partial charge in [0, 0.05) is 12.5 Å². The SMILES string of the molecule is COc1ccc([C@H](N)CCC(F)(F)F)c(C)c1. The van der Waals surface area contributed by atoms with E-state index in [1.54, 1.807) is 18.2 Å². The monoisotopic (exact) mass is 247 g/mol. The van der Waals surface area contributed by atoms with Crippen LogP contribution in [0, 0.1) is 6.92 Å². The Kier molecular flexibility index (Phi) is 4.40. The van der Waals surface area contributed by atoms with Crippen LogP contribution in [-0.2, 0) is 0 Å². The number of alkyl halides is 3. The van der Waals surface area contributed by atoms with Gasteiger partial charge in [-0.2, -0.15) is 13.2 Å². The summed E-state index contributed by atoms with van der Waals surface area (Å²) in [5.41, 5.74) is 7.33. The minimum absolute atomic E-state index is 0.101. The molecule has 0 aliphatic rings. The third kappa shape index (κ3) is 4.26. The quantitative estimate of drug-likeness (QED) is 0.885. The van der Waals surface area contributed by atoms with Crippen molar-refractivity contribution in [2.75, 3.05) is 7.11 Å². The third-order valence-electron chi connectivity index (χ3n) is 2.62. The molecular formula is C12H16F3NO. The van der Waals surface area contributed by atoms with Gasteiger partial charge in [0.25, 0.3) is 0 Å². The largest absolute Gasteiger partial charge is 0.497 e. The minimum atomic E-state index is -4.15. The van der Waals surface area contributed by atoms with Crippen molar-refractivity contribution < 1.29 is 17.9 Å². The average Bonchev–Trinajstić information content (AvgIpc) is 2.24. The van der Waals surface area contributed by atoms with E-state index in [9.17, 15) is 13.2 Å². The van der Waals surface area contributed by atoms with Gasteiger partial charge in [-0.3, -0.25) is 0 Å². The fraction of sp³-hybridized carbons (Fsp3) is 0.500. The standard InChI is InChI=1S/C12H16F3NO/c1-8-7-9(17-2)3-4-10(8)11(16)5-6-12(13,14)15/h3-4,7,11H,5-6,16H2,1-2H3/t11-/m1/s1. The Bertz CT molecular complexity index is 377. The highest BCUT2D eigenvalue weighted by Gasteiger charge is 2.28. The summed E-state index contributed by atoms with van der Waals surface area (Å²) in [4.78, 5) is 0. The number of methoxy groups -OCH3 is 1. The van der Waals surface area contributed by atoms with Crippen molar-refractivity contribution in [2.24, 2.45) is 5.73 Å². The van der Waals surface area contributed by atoms with Crippen molar-refractivity contribution in [3.05, 3.63) is 29.3 Å². The van der Waals surface area contributed by atoms with Crippen LogP contribution in [0.15, 0.2) is 18.2 Å². The lowest BCUT2D eigenvalue weighted by molar-refractivity contribution is -0.136. The summed E-state index contributed by atoms with van der Waals surface area (Å²) >= 11 is 0. The number of aryl methyl sites for hydroxylation is 1. The van der Waals surface area contributed by atoms with Gasteiger partial charge in [-0.25, -0.2) is 0 Å². The molecule has 0 fully saturated rings. The van der Waals surface area contributed by atoms with Crippen LogP contribution in [0.25, 0.3) is 0 Å². The second kappa shape index (κ2) is 5.40. The molecule has 0 saturated carbocycles. The second-order valence-corrected chi connectivity index (χ2v) is 3.98. The first kappa shape index (κ1) is 13.8. The molecule has 2 N–H and O–H groups in total. The topological polar surface area (TPSA) is 35.2 Å². The predicted octanol–water partition coefficient (Wildman–Crippen LogP) is 3.35. The van der Waals surface area contributed by atoms with Crippen molar-refractivity contribution in [3.63, 3.8) is 0 Å². The zero-order chi connectivity index (χ0) is 13.1. The molecule has 0 heterocycles. The molecule has 0 spiro atoms. The van der Waals surface area contributed by atoms with Crippen molar-refractivity contribution in [2.45, 2.75) is 32.0 Å². The summed E-state index contributed by atoms with van der Waals surface area (Å²) in [6, 6.07) is 4.59. The molecule has 17 heavy (non-hydrogen) atoms. The molecule has 1 atom stereocenters. The van der Waals surface area contributed by atoms with Gasteiger partial charge in [-0.1, -0.05) is 6.07 Å². The zero-order valence-corrected chi connectivity index (χ0v) is 9.84.